The van der Waals surface area contributed by atoms with Gasteiger partial charge < -0.3 is 9.80 Å². The van der Waals surface area contributed by atoms with Crippen molar-refractivity contribution in [2.75, 3.05) is 19.6 Å². The lowest BCUT2D eigenvalue weighted by Gasteiger charge is -2.38. The van der Waals surface area contributed by atoms with Gasteiger partial charge in [0, 0.05) is 23.4 Å². The largest absolute Gasteiger partial charge is 0.333 e. The van der Waals surface area contributed by atoms with Gasteiger partial charge >= 0.3 is 0 Å². The van der Waals surface area contributed by atoms with Gasteiger partial charge in [0.1, 0.15) is 5.82 Å². The minimum atomic E-state index is -0.535. The third-order valence-corrected chi connectivity index (χ3v) is 6.51. The van der Waals surface area contributed by atoms with Gasteiger partial charge in [-0.2, -0.15) is 0 Å². The van der Waals surface area contributed by atoms with E-state index in [9.17, 15) is 14.0 Å². The molecule has 1 aliphatic rings. The van der Waals surface area contributed by atoms with E-state index in [0.29, 0.717) is 13.1 Å². The van der Waals surface area contributed by atoms with E-state index in [-0.39, 0.29) is 30.2 Å². The zero-order chi connectivity index (χ0) is 21.9. The van der Waals surface area contributed by atoms with Crippen molar-refractivity contribution >= 4 is 23.2 Å². The average Bonchev–Trinajstić information content (AvgIpc) is 3.18. The number of rotatable bonds is 6. The van der Waals surface area contributed by atoms with Gasteiger partial charge in [0.05, 0.1) is 12.6 Å². The molecule has 0 N–H and O–H groups in total. The number of thiophene rings is 1. The van der Waals surface area contributed by atoms with Gasteiger partial charge in [-0.15, -0.1) is 11.3 Å². The maximum absolute atomic E-state index is 13.5. The average molecular weight is 431 g/mol. The molecule has 0 radical (unpaired) electrons. The number of hydrogen-bond donors (Lipinski definition) is 0. The first-order chi connectivity index (χ1) is 14.2. The van der Waals surface area contributed by atoms with E-state index in [2.05, 4.69) is 13.0 Å². The van der Waals surface area contributed by atoms with Crippen LogP contribution in [0, 0.1) is 11.2 Å². The molecule has 3 rings (SSSR count). The zero-order valence-corrected chi connectivity index (χ0v) is 19.1. The third-order valence-electron chi connectivity index (χ3n) is 5.51. The predicted molar refractivity (Wildman–Crippen MR) is 119 cm³/mol. The Kier molecular flexibility index (Phi) is 6.96. The van der Waals surface area contributed by atoms with Crippen LogP contribution < -0.4 is 0 Å². The predicted octanol–water partition coefficient (Wildman–Crippen LogP) is 5.04. The van der Waals surface area contributed by atoms with Crippen molar-refractivity contribution in [1.82, 2.24) is 9.80 Å². The molecule has 0 unspecified atom stereocenters. The number of unbranched alkanes of at least 4 members (excludes halogenated alkanes) is 1. The van der Waals surface area contributed by atoms with Crippen molar-refractivity contribution in [2.24, 2.45) is 5.41 Å². The Hall–Kier alpha value is -2.21. The van der Waals surface area contributed by atoms with E-state index in [1.165, 1.54) is 17.0 Å². The molecule has 4 nitrogen and oxygen atoms in total. The first-order valence-corrected chi connectivity index (χ1v) is 11.5. The van der Waals surface area contributed by atoms with E-state index in [1.807, 2.05) is 31.1 Å². The molecule has 0 bridgehead atoms. The smallest absolute Gasteiger partial charge is 0.242 e. The fraction of sp³-hybridized carbons (Fsp3) is 0.500. The highest BCUT2D eigenvalue weighted by atomic mass is 32.1. The van der Waals surface area contributed by atoms with Gasteiger partial charge in [0.2, 0.25) is 11.8 Å². The normalized spacial score (nSPS) is 16.3. The van der Waals surface area contributed by atoms with Crippen LogP contribution in [0.4, 0.5) is 4.39 Å². The molecule has 0 aliphatic carbocycles. The Bertz CT molecular complexity index is 885. The number of carbonyl (C=O) groups is 2. The summed E-state index contributed by atoms with van der Waals surface area (Å²) in [5, 5.41) is 2.05. The van der Waals surface area contributed by atoms with Gasteiger partial charge in [0.15, 0.2) is 0 Å². The summed E-state index contributed by atoms with van der Waals surface area (Å²) in [6.07, 6.45) is 2.63. The molecule has 0 saturated carbocycles. The molecule has 0 fully saturated rings. The minimum Gasteiger partial charge on any atom is -0.333 e. The summed E-state index contributed by atoms with van der Waals surface area (Å²) in [5.74, 6) is -0.356. The van der Waals surface area contributed by atoms with Crippen molar-refractivity contribution in [3.05, 3.63) is 57.5 Å². The fourth-order valence-electron chi connectivity index (χ4n) is 3.92. The van der Waals surface area contributed by atoms with E-state index < -0.39 is 5.41 Å². The molecule has 1 aliphatic heterocycles. The van der Waals surface area contributed by atoms with Crippen LogP contribution in [-0.2, 0) is 16.0 Å². The van der Waals surface area contributed by atoms with Crippen LogP contribution in [0.3, 0.4) is 0 Å². The van der Waals surface area contributed by atoms with Crippen molar-refractivity contribution in [3.8, 4) is 0 Å². The van der Waals surface area contributed by atoms with Gasteiger partial charge in [-0.05, 0) is 47.5 Å². The van der Waals surface area contributed by atoms with E-state index >= 15 is 0 Å². The zero-order valence-electron chi connectivity index (χ0n) is 18.3. The summed E-state index contributed by atoms with van der Waals surface area (Å²) in [6.45, 7) is 8.99. The Balaban J connectivity index is 1.88. The van der Waals surface area contributed by atoms with E-state index in [4.69, 9.17) is 0 Å². The second-order valence-electron chi connectivity index (χ2n) is 8.92. The molecule has 30 heavy (non-hydrogen) atoms. The highest BCUT2D eigenvalue weighted by molar-refractivity contribution is 7.10. The molecule has 1 aromatic heterocycles. The van der Waals surface area contributed by atoms with Gasteiger partial charge in [-0.1, -0.05) is 46.2 Å². The summed E-state index contributed by atoms with van der Waals surface area (Å²) < 4.78 is 13.5. The topological polar surface area (TPSA) is 40.6 Å². The second-order valence-corrected chi connectivity index (χ2v) is 9.92. The molecular formula is C24H31FN2O2S. The van der Waals surface area contributed by atoms with Gasteiger partial charge in [-0.3, -0.25) is 9.59 Å². The molecule has 162 valence electrons. The first-order valence-electron chi connectivity index (χ1n) is 10.6. The lowest BCUT2D eigenvalue weighted by molar-refractivity contribution is -0.146. The number of hydrogen-bond acceptors (Lipinski definition) is 3. The van der Waals surface area contributed by atoms with Crippen LogP contribution in [0.15, 0.2) is 35.7 Å². The lowest BCUT2D eigenvalue weighted by Crippen LogP contribution is -2.49. The van der Waals surface area contributed by atoms with Crippen molar-refractivity contribution < 1.29 is 14.0 Å². The number of carbonyl (C=O) groups excluding carboxylic acids is 2. The highest BCUT2D eigenvalue weighted by Gasteiger charge is 2.35. The SMILES string of the molecule is CCCCN(CC(=O)N1CCc2sccc2[C@H]1c1ccc(F)cc1)C(=O)C(C)(C)C. The standard InChI is InChI=1S/C24H31FN2O2S/c1-5-6-13-26(23(29)24(2,3)4)16-21(28)27-14-11-20-19(12-15-30-20)22(27)17-7-9-18(25)10-8-17/h7-10,12,15,22H,5-6,11,13-14,16H2,1-4H3/t22-/m1/s1. The lowest BCUT2D eigenvalue weighted by atomic mass is 9.92. The monoisotopic (exact) mass is 430 g/mol. The van der Waals surface area contributed by atoms with E-state index in [1.54, 1.807) is 28.4 Å². The first kappa shape index (κ1) is 22.5. The number of benzene rings is 1. The summed E-state index contributed by atoms with van der Waals surface area (Å²) in [6, 6.07) is 8.20. The number of nitrogens with zero attached hydrogens (tertiary/aromatic N) is 2. The molecule has 0 saturated heterocycles. The summed E-state index contributed by atoms with van der Waals surface area (Å²) >= 11 is 1.70. The quantitative estimate of drug-likeness (QED) is 0.644. The van der Waals surface area contributed by atoms with Crippen molar-refractivity contribution in [3.63, 3.8) is 0 Å². The number of amides is 2. The molecule has 2 amide bonds. The summed E-state index contributed by atoms with van der Waals surface area (Å²) in [5.41, 5.74) is 1.46. The Morgan fingerprint density at radius 1 is 1.20 bits per heavy atom. The van der Waals surface area contributed by atoms with Gasteiger partial charge in [-0.25, -0.2) is 4.39 Å². The molecule has 6 heteroatoms. The number of fused-ring (bicyclic) bond motifs is 1. The van der Waals surface area contributed by atoms with Crippen LogP contribution >= 0.6 is 11.3 Å². The summed E-state index contributed by atoms with van der Waals surface area (Å²) in [4.78, 5) is 31.2. The van der Waals surface area contributed by atoms with Crippen molar-refractivity contribution in [2.45, 2.75) is 53.0 Å². The number of halogens is 1. The fourth-order valence-corrected chi connectivity index (χ4v) is 4.82. The Morgan fingerprint density at radius 2 is 1.90 bits per heavy atom. The molecule has 0 spiro atoms. The molecule has 2 heterocycles. The van der Waals surface area contributed by atoms with Crippen molar-refractivity contribution in [1.29, 1.82) is 0 Å². The second kappa shape index (κ2) is 9.29. The maximum Gasteiger partial charge on any atom is 0.242 e. The molecular weight excluding hydrogens is 399 g/mol. The van der Waals surface area contributed by atoms with Crippen LogP contribution in [0.1, 0.15) is 62.6 Å². The Labute approximate surface area is 182 Å². The minimum absolute atomic E-state index is 0.00383. The molecule has 1 aromatic carbocycles. The van der Waals surface area contributed by atoms with Gasteiger partial charge in [0.25, 0.3) is 0 Å². The Morgan fingerprint density at radius 3 is 2.53 bits per heavy atom. The van der Waals surface area contributed by atoms with E-state index in [0.717, 1.165) is 30.4 Å². The third kappa shape index (κ3) is 4.91. The van der Waals surface area contributed by atoms with Crippen LogP contribution in [-0.4, -0.2) is 41.2 Å². The molecule has 2 aromatic rings. The maximum atomic E-state index is 13.5. The summed E-state index contributed by atoms with van der Waals surface area (Å²) in [7, 11) is 0. The van der Waals surface area contributed by atoms with Crippen LogP contribution in [0.25, 0.3) is 0 Å². The molecule has 1 atom stereocenters. The van der Waals surface area contributed by atoms with Crippen LogP contribution in [0.2, 0.25) is 0 Å². The van der Waals surface area contributed by atoms with Crippen LogP contribution in [0.5, 0.6) is 0 Å². The highest BCUT2D eigenvalue weighted by Crippen LogP contribution is 2.38.